The normalized spacial score (nSPS) is 12.3. The molecule has 0 aliphatic rings. The Hall–Kier alpha value is -1.26. The van der Waals surface area contributed by atoms with E-state index in [-0.39, 0.29) is 18.6 Å². The Kier molecular flexibility index (Phi) is 6.82. The molecular formula is C15H23ClN2O2. The maximum absolute atomic E-state index is 11.9. The van der Waals surface area contributed by atoms with Crippen LogP contribution in [-0.2, 0) is 4.79 Å². The average molecular weight is 299 g/mol. The summed E-state index contributed by atoms with van der Waals surface area (Å²) in [6, 6.07) is 7.11. The molecule has 0 bridgehead atoms. The SMILES string of the molecule is CC(C)C(N)CCN(C)C(=O)COc1cccc(Cl)c1. The molecule has 1 unspecified atom stereocenters. The second-order valence-corrected chi connectivity index (χ2v) is 5.69. The third kappa shape index (κ3) is 5.80. The molecule has 112 valence electrons. The fourth-order valence-corrected chi connectivity index (χ4v) is 1.79. The third-order valence-electron chi connectivity index (χ3n) is 3.24. The van der Waals surface area contributed by atoms with Gasteiger partial charge in [0.2, 0.25) is 0 Å². The van der Waals surface area contributed by atoms with E-state index in [9.17, 15) is 4.79 Å². The molecule has 1 amide bonds. The summed E-state index contributed by atoms with van der Waals surface area (Å²) in [5.74, 6) is 0.945. The second-order valence-electron chi connectivity index (χ2n) is 5.26. The number of hydrogen-bond acceptors (Lipinski definition) is 3. The van der Waals surface area contributed by atoms with Gasteiger partial charge in [0.1, 0.15) is 5.75 Å². The second kappa shape index (κ2) is 8.12. The Labute approximate surface area is 125 Å². The number of rotatable bonds is 7. The predicted octanol–water partition coefficient (Wildman–Crippen LogP) is 2.55. The van der Waals surface area contributed by atoms with Crippen LogP contribution in [0.1, 0.15) is 20.3 Å². The highest BCUT2D eigenvalue weighted by Gasteiger charge is 2.13. The van der Waals surface area contributed by atoms with E-state index < -0.39 is 0 Å². The van der Waals surface area contributed by atoms with E-state index in [0.717, 1.165) is 6.42 Å². The van der Waals surface area contributed by atoms with Gasteiger partial charge in [0.25, 0.3) is 5.91 Å². The lowest BCUT2D eigenvalue weighted by Crippen LogP contribution is -2.36. The van der Waals surface area contributed by atoms with Gasteiger partial charge >= 0.3 is 0 Å². The van der Waals surface area contributed by atoms with E-state index in [0.29, 0.717) is 23.2 Å². The highest BCUT2D eigenvalue weighted by atomic mass is 35.5. The monoisotopic (exact) mass is 298 g/mol. The number of nitrogens with zero attached hydrogens (tertiary/aromatic N) is 1. The molecular weight excluding hydrogens is 276 g/mol. The Morgan fingerprint density at radius 1 is 1.45 bits per heavy atom. The minimum atomic E-state index is -0.0686. The lowest BCUT2D eigenvalue weighted by Gasteiger charge is -2.21. The summed E-state index contributed by atoms with van der Waals surface area (Å²) < 4.78 is 5.42. The fourth-order valence-electron chi connectivity index (χ4n) is 1.61. The molecule has 0 aliphatic heterocycles. The van der Waals surface area contributed by atoms with Crippen molar-refractivity contribution in [2.24, 2.45) is 11.7 Å². The van der Waals surface area contributed by atoms with Crippen LogP contribution in [0.2, 0.25) is 5.02 Å². The number of hydrogen-bond donors (Lipinski definition) is 1. The summed E-state index contributed by atoms with van der Waals surface area (Å²) in [6.45, 7) is 4.80. The van der Waals surface area contributed by atoms with Crippen LogP contribution in [0.25, 0.3) is 0 Å². The van der Waals surface area contributed by atoms with Crippen LogP contribution >= 0.6 is 11.6 Å². The van der Waals surface area contributed by atoms with E-state index in [4.69, 9.17) is 22.1 Å². The van der Waals surface area contributed by atoms with Gasteiger partial charge in [-0.3, -0.25) is 4.79 Å². The number of ether oxygens (including phenoxy) is 1. The first-order valence-electron chi connectivity index (χ1n) is 6.78. The molecule has 0 spiro atoms. The number of likely N-dealkylation sites (N-methyl/N-ethyl adjacent to an activating group) is 1. The van der Waals surface area contributed by atoms with Crippen molar-refractivity contribution in [2.45, 2.75) is 26.3 Å². The Morgan fingerprint density at radius 2 is 2.15 bits per heavy atom. The van der Waals surface area contributed by atoms with Crippen LogP contribution in [0.3, 0.4) is 0 Å². The minimum absolute atomic E-state index is 0.00770. The molecule has 1 aromatic rings. The molecule has 0 radical (unpaired) electrons. The fraction of sp³-hybridized carbons (Fsp3) is 0.533. The zero-order valence-corrected chi connectivity index (χ0v) is 13.1. The molecule has 0 aromatic heterocycles. The Morgan fingerprint density at radius 3 is 2.75 bits per heavy atom. The van der Waals surface area contributed by atoms with Crippen molar-refractivity contribution in [3.8, 4) is 5.75 Å². The third-order valence-corrected chi connectivity index (χ3v) is 3.47. The smallest absolute Gasteiger partial charge is 0.260 e. The van der Waals surface area contributed by atoms with Crippen molar-refractivity contribution in [3.63, 3.8) is 0 Å². The van der Waals surface area contributed by atoms with Crippen molar-refractivity contribution in [3.05, 3.63) is 29.3 Å². The first-order chi connectivity index (χ1) is 9.40. The molecule has 2 N–H and O–H groups in total. The molecule has 20 heavy (non-hydrogen) atoms. The molecule has 0 fully saturated rings. The van der Waals surface area contributed by atoms with Gasteiger partial charge in [0.05, 0.1) is 0 Å². The topological polar surface area (TPSA) is 55.6 Å². The van der Waals surface area contributed by atoms with Gasteiger partial charge in [0.15, 0.2) is 6.61 Å². The first-order valence-corrected chi connectivity index (χ1v) is 7.16. The molecule has 0 saturated carbocycles. The average Bonchev–Trinajstić information content (AvgIpc) is 2.41. The van der Waals surface area contributed by atoms with Gasteiger partial charge in [-0.05, 0) is 30.5 Å². The van der Waals surface area contributed by atoms with Gasteiger partial charge in [-0.1, -0.05) is 31.5 Å². The van der Waals surface area contributed by atoms with E-state index in [1.807, 2.05) is 0 Å². The van der Waals surface area contributed by atoms with Crippen molar-refractivity contribution < 1.29 is 9.53 Å². The largest absolute Gasteiger partial charge is 0.484 e. The van der Waals surface area contributed by atoms with Crippen molar-refractivity contribution in [2.75, 3.05) is 20.2 Å². The number of benzene rings is 1. The van der Waals surface area contributed by atoms with Gasteiger partial charge in [-0.2, -0.15) is 0 Å². The van der Waals surface area contributed by atoms with Crippen molar-refractivity contribution in [1.29, 1.82) is 0 Å². The molecule has 0 aliphatic carbocycles. The summed E-state index contributed by atoms with van der Waals surface area (Å²) in [6.07, 6.45) is 0.789. The number of carbonyl (C=O) groups is 1. The Bertz CT molecular complexity index is 438. The number of halogens is 1. The van der Waals surface area contributed by atoms with Crippen molar-refractivity contribution >= 4 is 17.5 Å². The summed E-state index contributed by atoms with van der Waals surface area (Å²) in [5, 5.41) is 0.589. The summed E-state index contributed by atoms with van der Waals surface area (Å²) in [5.41, 5.74) is 5.96. The highest BCUT2D eigenvalue weighted by molar-refractivity contribution is 6.30. The lowest BCUT2D eigenvalue weighted by molar-refractivity contribution is -0.132. The molecule has 0 saturated heterocycles. The lowest BCUT2D eigenvalue weighted by atomic mass is 10.0. The molecule has 1 rings (SSSR count). The van der Waals surface area contributed by atoms with Gasteiger partial charge < -0.3 is 15.4 Å². The quantitative estimate of drug-likeness (QED) is 0.841. The van der Waals surface area contributed by atoms with Crippen LogP contribution in [0, 0.1) is 5.92 Å². The van der Waals surface area contributed by atoms with Gasteiger partial charge in [-0.25, -0.2) is 0 Å². The number of amides is 1. The standard InChI is InChI=1S/C15H23ClN2O2/c1-11(2)14(17)7-8-18(3)15(19)10-20-13-6-4-5-12(16)9-13/h4-6,9,11,14H,7-8,10,17H2,1-3H3. The molecule has 0 heterocycles. The first kappa shape index (κ1) is 16.8. The zero-order valence-electron chi connectivity index (χ0n) is 12.3. The van der Waals surface area contributed by atoms with E-state index >= 15 is 0 Å². The number of carbonyl (C=O) groups excluding carboxylic acids is 1. The summed E-state index contributed by atoms with van der Waals surface area (Å²) >= 11 is 5.85. The van der Waals surface area contributed by atoms with Gasteiger partial charge in [-0.15, -0.1) is 0 Å². The van der Waals surface area contributed by atoms with E-state index in [1.54, 1.807) is 36.2 Å². The molecule has 4 nitrogen and oxygen atoms in total. The predicted molar refractivity (Wildman–Crippen MR) is 82.0 cm³/mol. The molecule has 1 aromatic carbocycles. The molecule has 5 heteroatoms. The van der Waals surface area contributed by atoms with Crippen LogP contribution in [0.4, 0.5) is 0 Å². The van der Waals surface area contributed by atoms with Gasteiger partial charge in [0, 0.05) is 24.7 Å². The number of nitrogens with two attached hydrogens (primary N) is 1. The van der Waals surface area contributed by atoms with Crippen LogP contribution in [-0.4, -0.2) is 37.0 Å². The van der Waals surface area contributed by atoms with E-state index in [1.165, 1.54) is 0 Å². The van der Waals surface area contributed by atoms with Crippen LogP contribution in [0.15, 0.2) is 24.3 Å². The highest BCUT2D eigenvalue weighted by Crippen LogP contribution is 2.17. The maximum atomic E-state index is 11.9. The van der Waals surface area contributed by atoms with Crippen molar-refractivity contribution in [1.82, 2.24) is 4.90 Å². The van der Waals surface area contributed by atoms with Crippen LogP contribution in [0.5, 0.6) is 5.75 Å². The Balaban J connectivity index is 2.35. The maximum Gasteiger partial charge on any atom is 0.260 e. The zero-order chi connectivity index (χ0) is 15.1. The summed E-state index contributed by atoms with van der Waals surface area (Å²) in [7, 11) is 1.76. The summed E-state index contributed by atoms with van der Waals surface area (Å²) in [4.78, 5) is 13.6. The van der Waals surface area contributed by atoms with Crippen LogP contribution < -0.4 is 10.5 Å². The van der Waals surface area contributed by atoms with E-state index in [2.05, 4.69) is 13.8 Å². The molecule has 1 atom stereocenters. The minimum Gasteiger partial charge on any atom is -0.484 e.